The molecule has 2 aliphatic rings. The second kappa shape index (κ2) is 5.24. The second-order valence-electron chi connectivity index (χ2n) is 6.44. The van der Waals surface area contributed by atoms with Gasteiger partial charge in [-0.25, -0.2) is 4.39 Å². The van der Waals surface area contributed by atoms with Gasteiger partial charge >= 0.3 is 0 Å². The van der Waals surface area contributed by atoms with Gasteiger partial charge in [-0.1, -0.05) is 12.1 Å². The van der Waals surface area contributed by atoms with E-state index in [0.29, 0.717) is 0 Å². The van der Waals surface area contributed by atoms with E-state index in [9.17, 15) is 4.39 Å². The van der Waals surface area contributed by atoms with Gasteiger partial charge < -0.3 is 14.8 Å². The molecule has 2 aromatic rings. The van der Waals surface area contributed by atoms with Crippen molar-refractivity contribution in [2.45, 2.75) is 24.3 Å². The summed E-state index contributed by atoms with van der Waals surface area (Å²) >= 11 is 0. The van der Waals surface area contributed by atoms with E-state index in [1.807, 2.05) is 12.1 Å². The first-order valence-corrected chi connectivity index (χ1v) is 7.92. The summed E-state index contributed by atoms with van der Waals surface area (Å²) in [6.07, 6.45) is 2.39. The number of fused-ring (bicyclic) bond motifs is 2. The average Bonchev–Trinajstić information content (AvgIpc) is 3.36. The molecule has 3 nitrogen and oxygen atoms in total. The van der Waals surface area contributed by atoms with Gasteiger partial charge in [0.15, 0.2) is 11.5 Å². The molecule has 4 heteroatoms. The molecule has 0 amide bonds. The summed E-state index contributed by atoms with van der Waals surface area (Å²) in [5.41, 5.74) is 3.84. The molecule has 1 atom stereocenters. The first kappa shape index (κ1) is 14.5. The van der Waals surface area contributed by atoms with Gasteiger partial charge in [-0.2, -0.15) is 0 Å². The van der Waals surface area contributed by atoms with Gasteiger partial charge in [0.25, 0.3) is 0 Å². The Labute approximate surface area is 135 Å². The molecule has 120 valence electrons. The fraction of sp³-hybridized carbons (Fsp3) is 0.368. The summed E-state index contributed by atoms with van der Waals surface area (Å²) < 4.78 is 24.2. The molecule has 0 radical (unpaired) electrons. The second-order valence-corrected chi connectivity index (χ2v) is 6.44. The highest BCUT2D eigenvalue weighted by Gasteiger charge is 2.49. The van der Waals surface area contributed by atoms with E-state index in [1.54, 1.807) is 14.2 Å². The van der Waals surface area contributed by atoms with Crippen molar-refractivity contribution in [3.63, 3.8) is 0 Å². The summed E-state index contributed by atoms with van der Waals surface area (Å²) in [4.78, 5) is 0. The van der Waals surface area contributed by atoms with E-state index in [4.69, 9.17) is 9.47 Å². The van der Waals surface area contributed by atoms with Crippen molar-refractivity contribution in [3.05, 3.63) is 58.9 Å². The summed E-state index contributed by atoms with van der Waals surface area (Å²) in [5, 5.41) is 3.63. The van der Waals surface area contributed by atoms with E-state index in [2.05, 4.69) is 17.4 Å². The van der Waals surface area contributed by atoms with E-state index >= 15 is 0 Å². The number of hydrogen-bond acceptors (Lipinski definition) is 3. The molecule has 0 saturated heterocycles. The van der Waals surface area contributed by atoms with Crippen LogP contribution in [0.2, 0.25) is 0 Å². The first-order chi connectivity index (χ1) is 11.2. The van der Waals surface area contributed by atoms with E-state index < -0.39 is 0 Å². The monoisotopic (exact) mass is 313 g/mol. The fourth-order valence-electron chi connectivity index (χ4n) is 3.65. The number of ether oxygens (including phenoxy) is 2. The molecule has 1 fully saturated rings. The van der Waals surface area contributed by atoms with Crippen molar-refractivity contribution < 1.29 is 13.9 Å². The SMILES string of the molecule is COc1cc2c(cc1OC)C1(CC1)CNC2c1ccc(F)cc1. The van der Waals surface area contributed by atoms with Crippen LogP contribution in [0.1, 0.15) is 35.6 Å². The molecule has 2 aromatic carbocycles. The molecule has 1 heterocycles. The summed E-state index contributed by atoms with van der Waals surface area (Å²) in [6, 6.07) is 11.0. The normalized spacial score (nSPS) is 20.9. The van der Waals surface area contributed by atoms with Crippen LogP contribution >= 0.6 is 0 Å². The molecule has 1 aliphatic carbocycles. The third-order valence-electron chi connectivity index (χ3n) is 5.14. The zero-order valence-electron chi connectivity index (χ0n) is 13.4. The van der Waals surface area contributed by atoms with Crippen LogP contribution in [0.4, 0.5) is 4.39 Å². The van der Waals surface area contributed by atoms with Crippen molar-refractivity contribution in [2.24, 2.45) is 0 Å². The first-order valence-electron chi connectivity index (χ1n) is 7.92. The lowest BCUT2D eigenvalue weighted by atomic mass is 9.81. The Hall–Kier alpha value is -2.07. The standard InChI is InChI=1S/C19H20FNO2/c1-22-16-9-14-15(10-17(16)23-2)19(7-8-19)11-21-18(14)12-3-5-13(20)6-4-12/h3-6,9-10,18,21H,7-8,11H2,1-2H3. The third kappa shape index (κ3) is 2.29. The molecular weight excluding hydrogens is 293 g/mol. The lowest BCUT2D eigenvalue weighted by Crippen LogP contribution is -2.38. The minimum Gasteiger partial charge on any atom is -0.493 e. The highest BCUT2D eigenvalue weighted by atomic mass is 19.1. The zero-order chi connectivity index (χ0) is 16.0. The lowest BCUT2D eigenvalue weighted by Gasteiger charge is -2.34. The van der Waals surface area contributed by atoms with Crippen LogP contribution in [0.3, 0.4) is 0 Å². The number of halogens is 1. The molecule has 4 rings (SSSR count). The van der Waals surface area contributed by atoms with Crippen LogP contribution in [0.15, 0.2) is 36.4 Å². The largest absolute Gasteiger partial charge is 0.493 e. The maximum atomic E-state index is 13.2. The summed E-state index contributed by atoms with van der Waals surface area (Å²) in [7, 11) is 3.32. The molecule has 1 unspecified atom stereocenters. The van der Waals surface area contributed by atoms with Crippen LogP contribution in [-0.2, 0) is 5.41 Å². The van der Waals surface area contributed by atoms with Crippen LogP contribution in [0.5, 0.6) is 11.5 Å². The zero-order valence-corrected chi connectivity index (χ0v) is 13.4. The Balaban J connectivity index is 1.85. The molecule has 0 bridgehead atoms. The predicted molar refractivity (Wildman–Crippen MR) is 86.7 cm³/mol. The predicted octanol–water partition coefficient (Wildman–Crippen LogP) is 3.57. The Morgan fingerprint density at radius 3 is 2.30 bits per heavy atom. The van der Waals surface area contributed by atoms with Gasteiger partial charge in [0, 0.05) is 12.0 Å². The highest BCUT2D eigenvalue weighted by molar-refractivity contribution is 5.56. The maximum Gasteiger partial charge on any atom is 0.161 e. The van der Waals surface area contributed by atoms with Crippen LogP contribution in [0, 0.1) is 5.82 Å². The molecular formula is C19H20FNO2. The molecule has 1 saturated carbocycles. The Morgan fingerprint density at radius 2 is 1.70 bits per heavy atom. The average molecular weight is 313 g/mol. The molecule has 23 heavy (non-hydrogen) atoms. The number of nitrogens with one attached hydrogen (secondary N) is 1. The van der Waals surface area contributed by atoms with Crippen molar-refractivity contribution in [2.75, 3.05) is 20.8 Å². The summed E-state index contributed by atoms with van der Waals surface area (Å²) in [6.45, 7) is 0.942. The van der Waals surface area contributed by atoms with Crippen molar-refractivity contribution in [1.82, 2.24) is 5.32 Å². The quantitative estimate of drug-likeness (QED) is 0.940. The topological polar surface area (TPSA) is 30.5 Å². The molecule has 1 spiro atoms. The Morgan fingerprint density at radius 1 is 1.04 bits per heavy atom. The number of methoxy groups -OCH3 is 2. The minimum absolute atomic E-state index is 0.0524. The lowest BCUT2D eigenvalue weighted by molar-refractivity contribution is 0.351. The van der Waals surface area contributed by atoms with Gasteiger partial charge in [-0.3, -0.25) is 0 Å². The minimum atomic E-state index is -0.212. The van der Waals surface area contributed by atoms with E-state index in [-0.39, 0.29) is 17.3 Å². The number of rotatable bonds is 3. The molecule has 1 N–H and O–H groups in total. The Kier molecular flexibility index (Phi) is 3.31. The molecule has 0 aromatic heterocycles. The fourth-order valence-corrected chi connectivity index (χ4v) is 3.65. The maximum absolute atomic E-state index is 13.2. The summed E-state index contributed by atoms with van der Waals surface area (Å²) in [5.74, 6) is 1.30. The van der Waals surface area contributed by atoms with Crippen molar-refractivity contribution >= 4 is 0 Å². The highest BCUT2D eigenvalue weighted by Crippen LogP contribution is 2.54. The van der Waals surface area contributed by atoms with Crippen molar-refractivity contribution in [1.29, 1.82) is 0 Å². The van der Waals surface area contributed by atoms with Gasteiger partial charge in [-0.15, -0.1) is 0 Å². The van der Waals surface area contributed by atoms with Crippen molar-refractivity contribution in [3.8, 4) is 11.5 Å². The van der Waals surface area contributed by atoms with Crippen LogP contribution in [-0.4, -0.2) is 20.8 Å². The van der Waals surface area contributed by atoms with Gasteiger partial charge in [0.2, 0.25) is 0 Å². The van der Waals surface area contributed by atoms with E-state index in [1.165, 1.54) is 36.1 Å². The molecule has 1 aliphatic heterocycles. The van der Waals surface area contributed by atoms with Crippen LogP contribution < -0.4 is 14.8 Å². The number of benzene rings is 2. The number of hydrogen-bond donors (Lipinski definition) is 1. The van der Waals surface area contributed by atoms with E-state index in [0.717, 1.165) is 23.6 Å². The van der Waals surface area contributed by atoms with Gasteiger partial charge in [0.05, 0.1) is 20.3 Å². The van der Waals surface area contributed by atoms with Gasteiger partial charge in [0.1, 0.15) is 5.82 Å². The Bertz CT molecular complexity index is 738. The van der Waals surface area contributed by atoms with Gasteiger partial charge in [-0.05, 0) is 53.8 Å². The van der Waals surface area contributed by atoms with Crippen LogP contribution in [0.25, 0.3) is 0 Å². The smallest absolute Gasteiger partial charge is 0.161 e. The third-order valence-corrected chi connectivity index (χ3v) is 5.14.